The van der Waals surface area contributed by atoms with E-state index in [1.807, 2.05) is 18.2 Å². The number of carbonyl (C=O) groups is 2. The Morgan fingerprint density at radius 1 is 1.00 bits per heavy atom. The third-order valence-electron chi connectivity index (χ3n) is 4.48. The first-order chi connectivity index (χ1) is 12.6. The largest absolute Gasteiger partial charge is 0.508 e. The molecule has 0 spiro atoms. The van der Waals surface area contributed by atoms with Gasteiger partial charge in [0.2, 0.25) is 0 Å². The predicted octanol–water partition coefficient (Wildman–Crippen LogP) is 2.11. The molecule has 6 heteroatoms. The van der Waals surface area contributed by atoms with E-state index in [4.69, 9.17) is 0 Å². The summed E-state index contributed by atoms with van der Waals surface area (Å²) >= 11 is 0. The van der Waals surface area contributed by atoms with E-state index in [0.717, 1.165) is 32.5 Å². The van der Waals surface area contributed by atoms with Crippen molar-refractivity contribution in [1.29, 1.82) is 0 Å². The second-order valence-corrected chi connectivity index (χ2v) is 6.51. The fourth-order valence-electron chi connectivity index (χ4n) is 3.10. The van der Waals surface area contributed by atoms with Gasteiger partial charge in [-0.3, -0.25) is 14.5 Å². The lowest BCUT2D eigenvalue weighted by atomic mass is 10.0. The standard InChI is InChI=1S/C20H23N3O3/c24-18-8-4-7-17(13-18)22-20(26)19(25)21-16-9-11-23(12-10-16)14-15-5-2-1-3-6-15/h1-8,13,16,24H,9-12,14H2,(H,21,25)(H,22,26). The number of rotatable bonds is 4. The molecule has 3 rings (SSSR count). The van der Waals surface area contributed by atoms with Crippen molar-refractivity contribution in [3.05, 3.63) is 60.2 Å². The number of anilines is 1. The summed E-state index contributed by atoms with van der Waals surface area (Å²) in [5.41, 5.74) is 1.67. The number of nitrogens with zero attached hydrogens (tertiary/aromatic N) is 1. The molecule has 0 unspecified atom stereocenters. The van der Waals surface area contributed by atoms with Crippen LogP contribution in [0.1, 0.15) is 18.4 Å². The second-order valence-electron chi connectivity index (χ2n) is 6.51. The molecule has 0 atom stereocenters. The normalized spacial score (nSPS) is 15.4. The molecule has 1 aliphatic heterocycles. The number of piperidine rings is 1. The van der Waals surface area contributed by atoms with Crippen LogP contribution in [0.25, 0.3) is 0 Å². The minimum absolute atomic E-state index is 0.00412. The van der Waals surface area contributed by atoms with Crippen molar-refractivity contribution in [2.45, 2.75) is 25.4 Å². The molecule has 1 heterocycles. The molecule has 0 aliphatic carbocycles. The van der Waals surface area contributed by atoms with E-state index >= 15 is 0 Å². The Hall–Kier alpha value is -2.86. The lowest BCUT2D eigenvalue weighted by Crippen LogP contribution is -2.47. The summed E-state index contributed by atoms with van der Waals surface area (Å²) in [6.07, 6.45) is 1.63. The van der Waals surface area contributed by atoms with Crippen LogP contribution in [0.3, 0.4) is 0 Å². The van der Waals surface area contributed by atoms with Gasteiger partial charge in [0.1, 0.15) is 5.75 Å². The summed E-state index contributed by atoms with van der Waals surface area (Å²) in [7, 11) is 0. The molecule has 0 bridgehead atoms. The zero-order chi connectivity index (χ0) is 18.4. The number of carbonyl (C=O) groups excluding carboxylic acids is 2. The third kappa shape index (κ3) is 5.07. The highest BCUT2D eigenvalue weighted by Gasteiger charge is 2.23. The summed E-state index contributed by atoms with van der Waals surface area (Å²) < 4.78 is 0. The van der Waals surface area contributed by atoms with E-state index in [9.17, 15) is 14.7 Å². The van der Waals surface area contributed by atoms with Gasteiger partial charge in [0.25, 0.3) is 0 Å². The van der Waals surface area contributed by atoms with Crippen molar-refractivity contribution in [2.24, 2.45) is 0 Å². The SMILES string of the molecule is O=C(Nc1cccc(O)c1)C(=O)NC1CCN(Cc2ccccc2)CC1. The number of amides is 2. The summed E-state index contributed by atoms with van der Waals surface area (Å²) in [4.78, 5) is 26.4. The Bertz CT molecular complexity index is 756. The van der Waals surface area contributed by atoms with E-state index in [0.29, 0.717) is 5.69 Å². The molecule has 0 radical (unpaired) electrons. The van der Waals surface area contributed by atoms with Crippen LogP contribution in [0.2, 0.25) is 0 Å². The molecule has 1 saturated heterocycles. The zero-order valence-electron chi connectivity index (χ0n) is 14.5. The molecule has 2 aromatic carbocycles. The fourth-order valence-corrected chi connectivity index (χ4v) is 3.10. The Morgan fingerprint density at radius 2 is 1.73 bits per heavy atom. The summed E-state index contributed by atoms with van der Waals surface area (Å²) in [6, 6.07) is 16.4. The van der Waals surface area contributed by atoms with E-state index in [2.05, 4.69) is 27.7 Å². The summed E-state index contributed by atoms with van der Waals surface area (Å²) in [6.45, 7) is 2.67. The number of aromatic hydroxyl groups is 1. The minimum Gasteiger partial charge on any atom is -0.508 e. The first kappa shape index (κ1) is 17.9. The molecule has 136 valence electrons. The number of likely N-dealkylation sites (tertiary alicyclic amines) is 1. The average molecular weight is 353 g/mol. The Morgan fingerprint density at radius 3 is 2.42 bits per heavy atom. The Kier molecular flexibility index (Phi) is 5.86. The van der Waals surface area contributed by atoms with Gasteiger partial charge in [-0.05, 0) is 30.5 Å². The summed E-state index contributed by atoms with van der Waals surface area (Å²) in [5.74, 6) is -1.33. The van der Waals surface area contributed by atoms with Gasteiger partial charge in [0, 0.05) is 37.4 Å². The van der Waals surface area contributed by atoms with Gasteiger partial charge in [-0.1, -0.05) is 36.4 Å². The van der Waals surface area contributed by atoms with E-state index in [1.54, 1.807) is 12.1 Å². The molecule has 3 N–H and O–H groups in total. The maximum atomic E-state index is 12.1. The van der Waals surface area contributed by atoms with Crippen LogP contribution in [0, 0.1) is 0 Å². The van der Waals surface area contributed by atoms with Crippen LogP contribution in [-0.2, 0) is 16.1 Å². The van der Waals surface area contributed by atoms with E-state index < -0.39 is 11.8 Å². The highest BCUT2D eigenvalue weighted by molar-refractivity contribution is 6.39. The van der Waals surface area contributed by atoms with Gasteiger partial charge in [0.05, 0.1) is 0 Å². The van der Waals surface area contributed by atoms with Crippen LogP contribution in [0.4, 0.5) is 5.69 Å². The molecular weight excluding hydrogens is 330 g/mol. The van der Waals surface area contributed by atoms with Crippen molar-refractivity contribution in [1.82, 2.24) is 10.2 Å². The first-order valence-electron chi connectivity index (χ1n) is 8.77. The van der Waals surface area contributed by atoms with E-state index in [1.165, 1.54) is 17.7 Å². The predicted molar refractivity (Wildman–Crippen MR) is 99.6 cm³/mol. The first-order valence-corrected chi connectivity index (χ1v) is 8.77. The van der Waals surface area contributed by atoms with Gasteiger partial charge in [-0.2, -0.15) is 0 Å². The van der Waals surface area contributed by atoms with Gasteiger partial charge in [0.15, 0.2) is 0 Å². The third-order valence-corrected chi connectivity index (χ3v) is 4.48. The maximum Gasteiger partial charge on any atom is 0.313 e. The van der Waals surface area contributed by atoms with Crippen molar-refractivity contribution in [2.75, 3.05) is 18.4 Å². The monoisotopic (exact) mass is 353 g/mol. The van der Waals surface area contributed by atoms with Crippen LogP contribution in [0.15, 0.2) is 54.6 Å². The zero-order valence-corrected chi connectivity index (χ0v) is 14.5. The topological polar surface area (TPSA) is 81.7 Å². The Labute approximate surface area is 152 Å². The second kappa shape index (κ2) is 8.49. The molecule has 0 aromatic heterocycles. The molecule has 1 aliphatic rings. The molecule has 2 amide bonds. The lowest BCUT2D eigenvalue weighted by Gasteiger charge is -2.32. The Balaban J connectivity index is 1.43. The van der Waals surface area contributed by atoms with Gasteiger partial charge < -0.3 is 15.7 Å². The van der Waals surface area contributed by atoms with Gasteiger partial charge in [-0.25, -0.2) is 0 Å². The average Bonchev–Trinajstić information content (AvgIpc) is 2.64. The number of phenols is 1. The number of hydrogen-bond donors (Lipinski definition) is 3. The smallest absolute Gasteiger partial charge is 0.313 e. The quantitative estimate of drug-likeness (QED) is 0.736. The number of benzene rings is 2. The van der Waals surface area contributed by atoms with Gasteiger partial charge >= 0.3 is 11.8 Å². The highest BCUT2D eigenvalue weighted by Crippen LogP contribution is 2.16. The molecule has 26 heavy (non-hydrogen) atoms. The molecular formula is C20H23N3O3. The van der Waals surface area contributed by atoms with Crippen LogP contribution in [0.5, 0.6) is 5.75 Å². The van der Waals surface area contributed by atoms with Crippen molar-refractivity contribution >= 4 is 17.5 Å². The molecule has 2 aromatic rings. The van der Waals surface area contributed by atoms with Crippen LogP contribution < -0.4 is 10.6 Å². The fraction of sp³-hybridized carbons (Fsp3) is 0.300. The van der Waals surface area contributed by atoms with Crippen molar-refractivity contribution < 1.29 is 14.7 Å². The number of hydrogen-bond acceptors (Lipinski definition) is 4. The van der Waals surface area contributed by atoms with Crippen LogP contribution in [-0.4, -0.2) is 41.0 Å². The summed E-state index contributed by atoms with van der Waals surface area (Å²) in [5, 5.41) is 14.7. The van der Waals surface area contributed by atoms with Gasteiger partial charge in [-0.15, -0.1) is 0 Å². The lowest BCUT2D eigenvalue weighted by molar-refractivity contribution is -0.136. The molecule has 0 saturated carbocycles. The number of phenolic OH excluding ortho intramolecular Hbond substituents is 1. The van der Waals surface area contributed by atoms with E-state index in [-0.39, 0.29) is 11.8 Å². The minimum atomic E-state index is -0.720. The number of nitrogens with one attached hydrogen (secondary N) is 2. The molecule has 1 fully saturated rings. The van der Waals surface area contributed by atoms with Crippen molar-refractivity contribution in [3.8, 4) is 5.75 Å². The maximum absolute atomic E-state index is 12.1. The molecule has 6 nitrogen and oxygen atoms in total. The van der Waals surface area contributed by atoms with Crippen molar-refractivity contribution in [3.63, 3.8) is 0 Å². The van der Waals surface area contributed by atoms with Crippen LogP contribution >= 0.6 is 0 Å². The highest BCUT2D eigenvalue weighted by atomic mass is 16.3.